The van der Waals surface area contributed by atoms with Gasteiger partial charge in [0.2, 0.25) is 11.8 Å². The summed E-state index contributed by atoms with van der Waals surface area (Å²) in [5, 5.41) is 28.1. The van der Waals surface area contributed by atoms with Crippen LogP contribution in [0.5, 0.6) is 0 Å². The second-order valence-electron chi connectivity index (χ2n) is 11.8. The van der Waals surface area contributed by atoms with E-state index < -0.39 is 35.6 Å². The minimum atomic E-state index is -1.30. The Bertz CT molecular complexity index is 1540. The second kappa shape index (κ2) is 19.5. The standard InChI is InChI=1S/C40H48N2O9/c1-47-39(48-2,27-31-19-11-13-21-33(31)37(45)35(43)29-15-7-5-8-16-29)41-23-25-51-26-24-42-40(49-3,50-4)28-32-20-12-14-22-34(32)38(46)36(44)30-17-9-6-10-18-30/h5-22,35-36,41-44H,23-28H2,1-4H3. The Morgan fingerprint density at radius 3 is 1.24 bits per heavy atom. The third kappa shape index (κ3) is 10.5. The van der Waals surface area contributed by atoms with E-state index in [1.165, 1.54) is 28.4 Å². The summed E-state index contributed by atoms with van der Waals surface area (Å²) in [6, 6.07) is 31.7. The van der Waals surface area contributed by atoms with Crippen molar-refractivity contribution in [1.29, 1.82) is 0 Å². The molecule has 0 radical (unpaired) electrons. The molecule has 4 aromatic carbocycles. The molecule has 2 unspecified atom stereocenters. The van der Waals surface area contributed by atoms with Gasteiger partial charge >= 0.3 is 0 Å². The van der Waals surface area contributed by atoms with Crippen LogP contribution in [0.4, 0.5) is 0 Å². The molecule has 11 nitrogen and oxygen atoms in total. The van der Waals surface area contributed by atoms with Crippen molar-refractivity contribution >= 4 is 11.6 Å². The molecule has 4 rings (SSSR count). The maximum absolute atomic E-state index is 13.3. The lowest BCUT2D eigenvalue weighted by Crippen LogP contribution is -2.52. The summed E-state index contributed by atoms with van der Waals surface area (Å²) >= 11 is 0. The van der Waals surface area contributed by atoms with Crippen molar-refractivity contribution in [3.8, 4) is 0 Å². The Morgan fingerprint density at radius 2 is 0.882 bits per heavy atom. The number of methoxy groups -OCH3 is 4. The lowest BCUT2D eigenvalue weighted by molar-refractivity contribution is -0.229. The van der Waals surface area contributed by atoms with Crippen LogP contribution in [0, 0.1) is 0 Å². The molecule has 0 aromatic heterocycles. The molecule has 0 aliphatic carbocycles. The summed E-state index contributed by atoms with van der Waals surface area (Å²) in [5.41, 5.74) is 3.06. The fourth-order valence-corrected chi connectivity index (χ4v) is 5.80. The van der Waals surface area contributed by atoms with Gasteiger partial charge in [-0.3, -0.25) is 20.2 Å². The third-order valence-corrected chi connectivity index (χ3v) is 8.74. The van der Waals surface area contributed by atoms with Gasteiger partial charge in [0.15, 0.2) is 11.6 Å². The molecule has 0 heterocycles. The zero-order chi connectivity index (χ0) is 36.7. The topological polar surface area (TPSA) is 145 Å². The van der Waals surface area contributed by atoms with Crippen molar-refractivity contribution in [2.45, 2.75) is 36.9 Å². The fourth-order valence-electron chi connectivity index (χ4n) is 5.80. The van der Waals surface area contributed by atoms with E-state index in [1.54, 1.807) is 84.9 Å². The van der Waals surface area contributed by atoms with Crippen LogP contribution in [-0.4, -0.2) is 88.3 Å². The number of nitrogens with one attached hydrogen (secondary N) is 2. The number of Topliss-reactive ketones (excluding diaryl/α,β-unsaturated/α-hetero) is 2. The van der Waals surface area contributed by atoms with E-state index in [2.05, 4.69) is 10.6 Å². The van der Waals surface area contributed by atoms with Crippen LogP contribution in [0.25, 0.3) is 0 Å². The molecule has 272 valence electrons. The minimum absolute atomic E-state index is 0.182. The third-order valence-electron chi connectivity index (χ3n) is 8.74. The van der Waals surface area contributed by atoms with Crippen LogP contribution >= 0.6 is 0 Å². The molecule has 0 fully saturated rings. The summed E-state index contributed by atoms with van der Waals surface area (Å²) in [6.45, 7) is 1.29. The SMILES string of the molecule is COC(Cc1ccccc1C(=O)C(O)c1ccccc1)(NCCOCCNC(Cc1ccccc1C(=O)C(O)c1ccccc1)(OC)OC)OC. The lowest BCUT2D eigenvalue weighted by atomic mass is 9.94. The van der Waals surface area contributed by atoms with Crippen molar-refractivity contribution < 1.29 is 43.5 Å². The Kier molecular flexibility index (Phi) is 15.1. The summed E-state index contributed by atoms with van der Waals surface area (Å²) < 4.78 is 28.9. The number of rotatable bonds is 22. The zero-order valence-electron chi connectivity index (χ0n) is 29.5. The predicted molar refractivity (Wildman–Crippen MR) is 192 cm³/mol. The number of carbonyl (C=O) groups excluding carboxylic acids is 2. The number of ketones is 2. The van der Waals surface area contributed by atoms with Crippen molar-refractivity contribution in [2.75, 3.05) is 54.7 Å². The van der Waals surface area contributed by atoms with Gasteiger partial charge in [-0.2, -0.15) is 0 Å². The Morgan fingerprint density at radius 1 is 0.549 bits per heavy atom. The van der Waals surface area contributed by atoms with Crippen LogP contribution in [0.2, 0.25) is 0 Å². The summed E-state index contributed by atoms with van der Waals surface area (Å²) in [6.07, 6.45) is -2.24. The van der Waals surface area contributed by atoms with Gasteiger partial charge in [-0.25, -0.2) is 0 Å². The van der Waals surface area contributed by atoms with Gasteiger partial charge in [-0.15, -0.1) is 0 Å². The molecule has 0 aliphatic rings. The molecule has 11 heteroatoms. The maximum Gasteiger partial charge on any atom is 0.231 e. The van der Waals surface area contributed by atoms with Crippen molar-refractivity contribution in [2.24, 2.45) is 0 Å². The number of aliphatic hydroxyl groups excluding tert-OH is 2. The van der Waals surface area contributed by atoms with Gasteiger partial charge in [0.25, 0.3) is 0 Å². The van der Waals surface area contributed by atoms with Crippen molar-refractivity contribution in [3.63, 3.8) is 0 Å². The average Bonchev–Trinajstić information content (AvgIpc) is 3.19. The first-order valence-corrected chi connectivity index (χ1v) is 16.7. The van der Waals surface area contributed by atoms with Gasteiger partial charge in [-0.05, 0) is 22.3 Å². The molecule has 0 bridgehead atoms. The largest absolute Gasteiger partial charge is 0.380 e. The molecule has 0 saturated carbocycles. The average molecular weight is 701 g/mol. The highest BCUT2D eigenvalue weighted by Crippen LogP contribution is 2.26. The molecular weight excluding hydrogens is 652 g/mol. The van der Waals surface area contributed by atoms with E-state index in [-0.39, 0.29) is 12.8 Å². The van der Waals surface area contributed by atoms with Gasteiger partial charge in [0.1, 0.15) is 12.2 Å². The fraction of sp³-hybridized carbons (Fsp3) is 0.350. The van der Waals surface area contributed by atoms with Gasteiger partial charge in [-0.1, -0.05) is 109 Å². The summed E-state index contributed by atoms with van der Waals surface area (Å²) in [4.78, 5) is 26.6. The number of hydrogen-bond donors (Lipinski definition) is 4. The molecule has 2 atom stereocenters. The molecule has 0 spiro atoms. The highest BCUT2D eigenvalue weighted by atomic mass is 16.7. The molecule has 0 amide bonds. The highest BCUT2D eigenvalue weighted by molar-refractivity contribution is 6.01. The molecule has 0 saturated heterocycles. The monoisotopic (exact) mass is 700 g/mol. The van der Waals surface area contributed by atoms with E-state index in [0.29, 0.717) is 59.7 Å². The number of carbonyl (C=O) groups is 2. The smallest absolute Gasteiger partial charge is 0.231 e. The normalized spacial score (nSPS) is 13.1. The highest BCUT2D eigenvalue weighted by Gasteiger charge is 2.34. The number of aliphatic hydroxyl groups is 2. The van der Waals surface area contributed by atoms with E-state index in [4.69, 9.17) is 23.7 Å². The van der Waals surface area contributed by atoms with Gasteiger partial charge < -0.3 is 33.9 Å². The first-order valence-electron chi connectivity index (χ1n) is 16.7. The number of hydrogen-bond acceptors (Lipinski definition) is 11. The van der Waals surface area contributed by atoms with Crippen molar-refractivity contribution in [3.05, 3.63) is 143 Å². The first kappa shape index (κ1) is 39.6. The van der Waals surface area contributed by atoms with E-state index >= 15 is 0 Å². The second-order valence-corrected chi connectivity index (χ2v) is 11.8. The Labute approximate surface area is 299 Å². The maximum atomic E-state index is 13.3. The van der Waals surface area contributed by atoms with Gasteiger partial charge in [0, 0.05) is 65.5 Å². The predicted octanol–water partition coefficient (Wildman–Crippen LogP) is 4.39. The molecule has 4 N–H and O–H groups in total. The van der Waals surface area contributed by atoms with Crippen LogP contribution < -0.4 is 10.6 Å². The lowest BCUT2D eigenvalue weighted by Gasteiger charge is -2.33. The number of ether oxygens (including phenoxy) is 5. The van der Waals surface area contributed by atoms with Crippen molar-refractivity contribution in [1.82, 2.24) is 10.6 Å². The Hall–Kier alpha value is -4.14. The van der Waals surface area contributed by atoms with E-state index in [1.807, 2.05) is 24.3 Å². The molecule has 4 aromatic rings. The van der Waals surface area contributed by atoms with E-state index in [0.717, 1.165) is 0 Å². The molecule has 0 aliphatic heterocycles. The summed E-state index contributed by atoms with van der Waals surface area (Å²) in [5.74, 6) is -3.38. The van der Waals surface area contributed by atoms with Crippen LogP contribution in [0.15, 0.2) is 109 Å². The summed E-state index contributed by atoms with van der Waals surface area (Å²) in [7, 11) is 6.03. The quantitative estimate of drug-likeness (QED) is 0.0527. The van der Waals surface area contributed by atoms with E-state index in [9.17, 15) is 19.8 Å². The minimum Gasteiger partial charge on any atom is -0.380 e. The number of benzene rings is 4. The Balaban J connectivity index is 1.30. The van der Waals surface area contributed by atoms with Crippen LogP contribution in [0.1, 0.15) is 55.2 Å². The first-order chi connectivity index (χ1) is 24.7. The van der Waals surface area contributed by atoms with Crippen LogP contribution in [0.3, 0.4) is 0 Å². The molecular formula is C40H48N2O9. The van der Waals surface area contributed by atoms with Crippen LogP contribution in [-0.2, 0) is 36.5 Å². The zero-order valence-corrected chi connectivity index (χ0v) is 29.5. The van der Waals surface area contributed by atoms with Gasteiger partial charge in [0.05, 0.1) is 13.2 Å². The molecule has 51 heavy (non-hydrogen) atoms.